The minimum atomic E-state index is 0.00167. The van der Waals surface area contributed by atoms with Gasteiger partial charge in [-0.1, -0.05) is 66.7 Å². The highest BCUT2D eigenvalue weighted by atomic mass is 16.5. The van der Waals surface area contributed by atoms with Crippen molar-refractivity contribution in [1.82, 2.24) is 14.9 Å². The maximum atomic E-state index is 12.4. The Hall–Kier alpha value is -3.86. The second kappa shape index (κ2) is 10.4. The smallest absolute Gasteiger partial charge is 0.224 e. The Morgan fingerprint density at radius 3 is 2.53 bits per heavy atom. The summed E-state index contributed by atoms with van der Waals surface area (Å²) in [6.07, 6.45) is 5.28. The third-order valence-electron chi connectivity index (χ3n) is 5.33. The van der Waals surface area contributed by atoms with Crippen molar-refractivity contribution in [3.8, 4) is 5.75 Å². The van der Waals surface area contributed by atoms with Crippen molar-refractivity contribution in [2.45, 2.75) is 19.4 Å². The maximum absolute atomic E-state index is 12.4. The summed E-state index contributed by atoms with van der Waals surface area (Å²) in [4.78, 5) is 17.2. The third kappa shape index (κ3) is 5.43. The van der Waals surface area contributed by atoms with Crippen molar-refractivity contribution < 1.29 is 9.53 Å². The first-order chi connectivity index (χ1) is 15.7. The highest BCUT2D eigenvalue weighted by Crippen LogP contribution is 2.17. The lowest BCUT2D eigenvalue weighted by atomic mass is 10.1. The minimum Gasteiger partial charge on any atom is -0.497 e. The van der Waals surface area contributed by atoms with Gasteiger partial charge in [0.25, 0.3) is 0 Å². The number of aromatic nitrogens is 2. The molecule has 0 aliphatic heterocycles. The van der Waals surface area contributed by atoms with Crippen molar-refractivity contribution in [1.29, 1.82) is 0 Å². The molecule has 0 aliphatic rings. The monoisotopic (exact) mass is 425 g/mol. The van der Waals surface area contributed by atoms with Gasteiger partial charge in [0, 0.05) is 19.5 Å². The maximum Gasteiger partial charge on any atom is 0.224 e. The molecule has 0 saturated carbocycles. The molecule has 1 amide bonds. The lowest BCUT2D eigenvalue weighted by Gasteiger charge is -2.08. The van der Waals surface area contributed by atoms with Gasteiger partial charge >= 0.3 is 0 Å². The van der Waals surface area contributed by atoms with Gasteiger partial charge in [0.05, 0.1) is 24.6 Å². The van der Waals surface area contributed by atoms with E-state index < -0.39 is 0 Å². The largest absolute Gasteiger partial charge is 0.497 e. The molecule has 3 aromatic carbocycles. The topological polar surface area (TPSA) is 56.1 Å². The van der Waals surface area contributed by atoms with Crippen LogP contribution in [0.3, 0.4) is 0 Å². The molecule has 5 nitrogen and oxygen atoms in total. The predicted molar refractivity (Wildman–Crippen MR) is 129 cm³/mol. The summed E-state index contributed by atoms with van der Waals surface area (Å²) in [5, 5.41) is 3.02. The zero-order valence-electron chi connectivity index (χ0n) is 18.2. The molecule has 0 saturated heterocycles. The van der Waals surface area contributed by atoms with Crippen LogP contribution in [0.15, 0.2) is 84.9 Å². The standard InChI is InChI=1S/C27H27N3O2/c1-32-23-15-13-22(14-16-23)20-27(31)28-18-17-26-29-24-11-5-6-12-25(24)30(26)19-7-10-21-8-3-2-4-9-21/h2-16H,17-20H2,1H3,(H,28,31)/b10-7+. The molecular weight excluding hydrogens is 398 g/mol. The molecule has 0 spiro atoms. The first kappa shape index (κ1) is 21.4. The quantitative estimate of drug-likeness (QED) is 0.424. The lowest BCUT2D eigenvalue weighted by Crippen LogP contribution is -2.27. The first-order valence-electron chi connectivity index (χ1n) is 10.8. The Bertz CT molecular complexity index is 1190. The van der Waals surface area contributed by atoms with Gasteiger partial charge in [0.15, 0.2) is 0 Å². The summed E-state index contributed by atoms with van der Waals surface area (Å²) in [5.41, 5.74) is 4.20. The van der Waals surface area contributed by atoms with Crippen molar-refractivity contribution in [2.24, 2.45) is 0 Å². The molecule has 5 heteroatoms. The predicted octanol–water partition coefficient (Wildman–Crippen LogP) is 4.66. The van der Waals surface area contributed by atoms with Crippen LogP contribution >= 0.6 is 0 Å². The Balaban J connectivity index is 1.39. The van der Waals surface area contributed by atoms with Gasteiger partial charge in [-0.2, -0.15) is 0 Å². The molecule has 162 valence electrons. The van der Waals surface area contributed by atoms with Crippen molar-refractivity contribution in [3.05, 3.63) is 102 Å². The van der Waals surface area contributed by atoms with E-state index in [2.05, 4.69) is 40.2 Å². The fourth-order valence-corrected chi connectivity index (χ4v) is 3.68. The minimum absolute atomic E-state index is 0.00167. The zero-order valence-corrected chi connectivity index (χ0v) is 18.2. The summed E-state index contributed by atoms with van der Waals surface area (Å²) < 4.78 is 7.38. The number of imidazole rings is 1. The third-order valence-corrected chi connectivity index (χ3v) is 5.33. The number of rotatable bonds is 9. The van der Waals surface area contributed by atoms with E-state index in [1.165, 1.54) is 5.56 Å². The molecule has 1 heterocycles. The zero-order chi connectivity index (χ0) is 22.2. The number of methoxy groups -OCH3 is 1. The molecule has 4 aromatic rings. The van der Waals surface area contributed by atoms with Gasteiger partial charge in [-0.05, 0) is 35.4 Å². The molecule has 1 aromatic heterocycles. The van der Waals surface area contributed by atoms with E-state index in [0.29, 0.717) is 19.4 Å². The highest BCUT2D eigenvalue weighted by Gasteiger charge is 2.10. The van der Waals surface area contributed by atoms with Crippen molar-refractivity contribution >= 4 is 23.0 Å². The Labute approximate surface area is 188 Å². The summed E-state index contributed by atoms with van der Waals surface area (Å²) in [6.45, 7) is 1.27. The summed E-state index contributed by atoms with van der Waals surface area (Å²) in [7, 11) is 1.63. The van der Waals surface area contributed by atoms with Gasteiger partial charge in [0.1, 0.15) is 11.6 Å². The van der Waals surface area contributed by atoms with E-state index in [1.54, 1.807) is 7.11 Å². The first-order valence-corrected chi connectivity index (χ1v) is 10.8. The average molecular weight is 426 g/mol. The van der Waals surface area contributed by atoms with Gasteiger partial charge in [-0.25, -0.2) is 4.98 Å². The highest BCUT2D eigenvalue weighted by molar-refractivity contribution is 5.78. The Kier molecular flexibility index (Phi) is 6.98. The van der Waals surface area contributed by atoms with Gasteiger partial charge in [0.2, 0.25) is 5.91 Å². The van der Waals surface area contributed by atoms with E-state index in [9.17, 15) is 4.79 Å². The van der Waals surface area contributed by atoms with Crippen LogP contribution in [-0.4, -0.2) is 29.1 Å². The van der Waals surface area contributed by atoms with Crippen molar-refractivity contribution in [2.75, 3.05) is 13.7 Å². The van der Waals surface area contributed by atoms with E-state index in [-0.39, 0.29) is 5.91 Å². The number of carbonyl (C=O) groups excluding carboxylic acids is 1. The summed E-state index contributed by atoms with van der Waals surface area (Å²) in [6, 6.07) is 26.0. The van der Waals surface area contributed by atoms with Gasteiger partial charge in [-0.3, -0.25) is 4.79 Å². The second-order valence-corrected chi connectivity index (χ2v) is 7.57. The second-order valence-electron chi connectivity index (χ2n) is 7.57. The van der Waals surface area contributed by atoms with Crippen LogP contribution < -0.4 is 10.1 Å². The van der Waals surface area contributed by atoms with E-state index >= 15 is 0 Å². The number of allylic oxidation sites excluding steroid dienone is 1. The van der Waals surface area contributed by atoms with Crippen molar-refractivity contribution in [3.63, 3.8) is 0 Å². The summed E-state index contributed by atoms with van der Waals surface area (Å²) in [5.74, 6) is 1.75. The molecule has 4 rings (SSSR count). The number of hydrogen-bond donors (Lipinski definition) is 1. The van der Waals surface area contributed by atoms with Crippen LogP contribution in [0.5, 0.6) is 5.75 Å². The van der Waals surface area contributed by atoms with E-state index in [1.807, 2.05) is 60.7 Å². The lowest BCUT2D eigenvalue weighted by molar-refractivity contribution is -0.120. The number of nitrogens with zero attached hydrogens (tertiary/aromatic N) is 2. The number of carbonyl (C=O) groups is 1. The average Bonchev–Trinajstić information content (AvgIpc) is 3.18. The molecule has 0 unspecified atom stereocenters. The van der Waals surface area contributed by atoms with Crippen LogP contribution in [0, 0.1) is 0 Å². The SMILES string of the molecule is COc1ccc(CC(=O)NCCc2nc3ccccc3n2C/C=C/c2ccccc2)cc1. The number of amides is 1. The number of para-hydroxylation sites is 2. The van der Waals surface area contributed by atoms with Gasteiger partial charge < -0.3 is 14.6 Å². The molecule has 0 aliphatic carbocycles. The van der Waals surface area contributed by atoms with Crippen LogP contribution in [0.1, 0.15) is 17.0 Å². The molecule has 0 radical (unpaired) electrons. The van der Waals surface area contributed by atoms with E-state index in [4.69, 9.17) is 9.72 Å². The number of hydrogen-bond acceptors (Lipinski definition) is 3. The molecule has 0 fully saturated rings. The molecule has 32 heavy (non-hydrogen) atoms. The van der Waals surface area contributed by atoms with Crippen LogP contribution in [-0.2, 0) is 24.2 Å². The number of nitrogens with one attached hydrogen (secondary N) is 1. The number of fused-ring (bicyclic) bond motifs is 1. The normalized spacial score (nSPS) is 11.2. The molecule has 1 N–H and O–H groups in total. The number of ether oxygens (including phenoxy) is 1. The van der Waals surface area contributed by atoms with E-state index in [0.717, 1.165) is 34.7 Å². The fraction of sp³-hybridized carbons (Fsp3) is 0.185. The van der Waals surface area contributed by atoms with Gasteiger partial charge in [-0.15, -0.1) is 0 Å². The molecule has 0 bridgehead atoms. The van der Waals surface area contributed by atoms with Crippen LogP contribution in [0.25, 0.3) is 17.1 Å². The Morgan fingerprint density at radius 1 is 1.00 bits per heavy atom. The molecule has 0 atom stereocenters. The van der Waals surface area contributed by atoms with Crippen LogP contribution in [0.4, 0.5) is 0 Å². The van der Waals surface area contributed by atoms with Crippen LogP contribution in [0.2, 0.25) is 0 Å². The number of benzene rings is 3. The Morgan fingerprint density at radius 2 is 1.75 bits per heavy atom. The summed E-state index contributed by atoms with van der Waals surface area (Å²) >= 11 is 0. The fourth-order valence-electron chi connectivity index (χ4n) is 3.68. The molecular formula is C27H27N3O2.